The third-order valence-electron chi connectivity index (χ3n) is 6.97. The maximum atomic E-state index is 13.5. The van der Waals surface area contributed by atoms with Crippen molar-refractivity contribution in [3.63, 3.8) is 0 Å². The molecule has 3 saturated carbocycles. The van der Waals surface area contributed by atoms with Crippen LogP contribution in [0.3, 0.4) is 0 Å². The van der Waals surface area contributed by atoms with E-state index in [1.165, 1.54) is 3.97 Å². The number of aromatic nitrogens is 2. The van der Waals surface area contributed by atoms with E-state index in [4.69, 9.17) is 10.5 Å². The van der Waals surface area contributed by atoms with Gasteiger partial charge in [0.25, 0.3) is 0 Å². The summed E-state index contributed by atoms with van der Waals surface area (Å²) >= 11 is 0. The zero-order valence-corrected chi connectivity index (χ0v) is 20.2. The highest BCUT2D eigenvalue weighted by Gasteiger charge is 2.73. The fourth-order valence-electron chi connectivity index (χ4n) is 5.42. The van der Waals surface area contributed by atoms with Crippen LogP contribution in [-0.2, 0) is 19.6 Å². The summed E-state index contributed by atoms with van der Waals surface area (Å²) in [6, 6.07) is 3.62. The average molecular weight is 471 g/mol. The van der Waals surface area contributed by atoms with Gasteiger partial charge >= 0.3 is 5.97 Å². The number of nitrogens with one attached hydrogen (secondary N) is 1. The predicted molar refractivity (Wildman–Crippen MR) is 127 cm³/mol. The summed E-state index contributed by atoms with van der Waals surface area (Å²) in [6.07, 6.45) is 10.7. The van der Waals surface area contributed by atoms with E-state index in [0.29, 0.717) is 37.0 Å². The van der Waals surface area contributed by atoms with Crippen molar-refractivity contribution in [1.29, 1.82) is 0 Å². The van der Waals surface area contributed by atoms with Crippen molar-refractivity contribution in [3.05, 3.63) is 48.5 Å². The molecule has 6 rings (SSSR count). The monoisotopic (exact) mass is 470 g/mol. The molecule has 1 unspecified atom stereocenters. The van der Waals surface area contributed by atoms with Crippen molar-refractivity contribution in [2.24, 2.45) is 11.1 Å². The molecule has 9 heteroatoms. The molecule has 0 amide bonds. The number of carbonyl (C=O) groups is 1. The van der Waals surface area contributed by atoms with Gasteiger partial charge in [-0.25, -0.2) is 17.4 Å². The lowest BCUT2D eigenvalue weighted by molar-refractivity contribution is -0.204. The summed E-state index contributed by atoms with van der Waals surface area (Å²) in [7, 11) is -3.80. The Hall–Kier alpha value is -2.81. The molecule has 4 aliphatic rings. The molecule has 1 atom stereocenters. The van der Waals surface area contributed by atoms with Crippen LogP contribution in [0.15, 0.2) is 48.5 Å². The lowest BCUT2D eigenvalue weighted by Crippen LogP contribution is -2.74. The number of anilines is 1. The second-order valence-electron chi connectivity index (χ2n) is 11.0. The molecule has 3 fully saturated rings. The topological polar surface area (TPSA) is 116 Å². The third-order valence-corrected chi connectivity index (χ3v) is 9.25. The lowest BCUT2D eigenvalue weighted by atomic mass is 9.39. The average Bonchev–Trinajstić information content (AvgIpc) is 3.07. The Bertz CT molecular complexity index is 1310. The number of pyridine rings is 1. The summed E-state index contributed by atoms with van der Waals surface area (Å²) in [4.78, 5) is 17.0. The molecule has 33 heavy (non-hydrogen) atoms. The number of rotatable bonds is 5. The van der Waals surface area contributed by atoms with Crippen LogP contribution in [0.1, 0.15) is 53.4 Å². The first-order chi connectivity index (χ1) is 15.3. The number of nitrogens with two attached hydrogens (primary N) is 1. The first kappa shape index (κ1) is 22.0. The van der Waals surface area contributed by atoms with Gasteiger partial charge in [-0.1, -0.05) is 6.08 Å². The first-order valence-corrected chi connectivity index (χ1v) is 12.6. The quantitative estimate of drug-likeness (QED) is 0.643. The fourth-order valence-corrected chi connectivity index (χ4v) is 7.06. The van der Waals surface area contributed by atoms with Gasteiger partial charge < -0.3 is 15.8 Å². The van der Waals surface area contributed by atoms with Gasteiger partial charge in [0.2, 0.25) is 10.0 Å². The highest BCUT2D eigenvalue weighted by molar-refractivity contribution is 7.91. The van der Waals surface area contributed by atoms with E-state index in [1.807, 2.05) is 26.8 Å². The molecule has 0 saturated heterocycles. The lowest BCUT2D eigenvalue weighted by Gasteiger charge is -2.69. The molecule has 2 heterocycles. The van der Waals surface area contributed by atoms with Crippen molar-refractivity contribution in [2.45, 2.75) is 69.3 Å². The zero-order chi connectivity index (χ0) is 23.9. The zero-order valence-electron chi connectivity index (χ0n) is 19.4. The summed E-state index contributed by atoms with van der Waals surface area (Å²) in [6.45, 7) is 7.31. The molecule has 3 N–H and O–H groups in total. The molecule has 0 radical (unpaired) electrons. The maximum Gasteiger partial charge on any atom is 0.312 e. The molecule has 2 bridgehead atoms. The molecule has 176 valence electrons. The number of esters is 1. The molecule has 2 aromatic heterocycles. The van der Waals surface area contributed by atoms with Crippen molar-refractivity contribution in [1.82, 2.24) is 8.96 Å². The van der Waals surface area contributed by atoms with E-state index in [2.05, 4.69) is 10.3 Å². The Labute approximate surface area is 193 Å². The summed E-state index contributed by atoms with van der Waals surface area (Å²) in [5, 5.41) is 4.29. The molecular weight excluding hydrogens is 440 g/mol. The van der Waals surface area contributed by atoms with Crippen LogP contribution in [0.2, 0.25) is 0 Å². The maximum absolute atomic E-state index is 13.5. The van der Waals surface area contributed by atoms with Gasteiger partial charge in [-0.2, -0.15) is 0 Å². The number of ether oxygens (including phenoxy) is 1. The Balaban J connectivity index is 1.39. The van der Waals surface area contributed by atoms with Gasteiger partial charge in [0.05, 0.1) is 5.41 Å². The summed E-state index contributed by atoms with van der Waals surface area (Å²) < 4.78 is 32.8. The largest absolute Gasteiger partial charge is 0.460 e. The highest BCUT2D eigenvalue weighted by Crippen LogP contribution is 2.69. The van der Waals surface area contributed by atoms with Crippen molar-refractivity contribution in [2.75, 3.05) is 5.32 Å². The van der Waals surface area contributed by atoms with Gasteiger partial charge in [-0.3, -0.25) is 4.79 Å². The minimum Gasteiger partial charge on any atom is -0.460 e. The van der Waals surface area contributed by atoms with Gasteiger partial charge in [-0.15, -0.1) is 0 Å². The molecular formula is C24H30N4O4S. The minimum atomic E-state index is -3.80. The van der Waals surface area contributed by atoms with E-state index in [0.717, 1.165) is 11.1 Å². The number of fused-ring (bicyclic) bond motifs is 1. The van der Waals surface area contributed by atoms with Crippen LogP contribution in [0.5, 0.6) is 0 Å². The molecule has 4 aliphatic carbocycles. The van der Waals surface area contributed by atoms with Crippen LogP contribution < -0.4 is 11.1 Å². The molecule has 0 aromatic carbocycles. The SMILES string of the molecule is CC(C)(C)OC(=O)C12CC(Nc3ccnc4c3ccn4S(=O)(=O)C3(C)C=C(N)C=CC3)(C1)C2. The third kappa shape index (κ3) is 3.27. The smallest absolute Gasteiger partial charge is 0.312 e. The predicted octanol–water partition coefficient (Wildman–Crippen LogP) is 3.45. The Morgan fingerprint density at radius 3 is 2.58 bits per heavy atom. The number of allylic oxidation sites excluding steroid dienone is 2. The standard InChI is InChI=1S/C24H30N4O4S/c1-21(2,3)32-20(29)23-13-24(14-23,15-23)27-18-7-10-26-19-17(18)8-11-28(19)33(30,31)22(4)9-5-6-16(25)12-22/h5-8,10-12H,9,13-15,25H2,1-4H3,(H,26,27). The van der Waals surface area contributed by atoms with E-state index in [-0.39, 0.29) is 11.5 Å². The first-order valence-electron chi connectivity index (χ1n) is 11.2. The van der Waals surface area contributed by atoms with Crippen molar-refractivity contribution < 1.29 is 17.9 Å². The fraction of sp³-hybridized carbons (Fsp3) is 0.500. The number of nitrogens with zero attached hydrogens (tertiary/aromatic N) is 2. The van der Waals surface area contributed by atoms with Crippen LogP contribution in [0, 0.1) is 5.41 Å². The molecule has 0 spiro atoms. The van der Waals surface area contributed by atoms with Gasteiger partial charge in [0.15, 0.2) is 5.65 Å². The Kier molecular flexibility index (Phi) is 4.42. The van der Waals surface area contributed by atoms with E-state index < -0.39 is 25.8 Å². The van der Waals surface area contributed by atoms with Crippen LogP contribution in [0.4, 0.5) is 5.69 Å². The van der Waals surface area contributed by atoms with Gasteiger partial charge in [0, 0.05) is 34.7 Å². The minimum absolute atomic E-state index is 0.127. The van der Waals surface area contributed by atoms with Crippen LogP contribution >= 0.6 is 0 Å². The van der Waals surface area contributed by atoms with E-state index in [9.17, 15) is 13.2 Å². The van der Waals surface area contributed by atoms with Gasteiger partial charge in [0.1, 0.15) is 10.3 Å². The van der Waals surface area contributed by atoms with Gasteiger partial charge in [-0.05, 0) is 77.7 Å². The number of hydrogen-bond acceptors (Lipinski definition) is 7. The molecule has 2 aromatic rings. The second kappa shape index (κ2) is 6.62. The second-order valence-corrected chi connectivity index (χ2v) is 13.3. The number of hydrogen-bond donors (Lipinski definition) is 2. The van der Waals surface area contributed by atoms with Crippen molar-refractivity contribution >= 4 is 32.7 Å². The number of carbonyl (C=O) groups excluding carboxylic acids is 1. The van der Waals surface area contributed by atoms with E-state index >= 15 is 0 Å². The Morgan fingerprint density at radius 2 is 1.94 bits per heavy atom. The molecule has 0 aliphatic heterocycles. The van der Waals surface area contributed by atoms with Crippen LogP contribution in [-0.4, -0.2) is 39.2 Å². The van der Waals surface area contributed by atoms with Crippen molar-refractivity contribution in [3.8, 4) is 0 Å². The molecule has 8 nitrogen and oxygen atoms in total. The Morgan fingerprint density at radius 1 is 1.24 bits per heavy atom. The van der Waals surface area contributed by atoms with Crippen LogP contribution in [0.25, 0.3) is 11.0 Å². The highest BCUT2D eigenvalue weighted by atomic mass is 32.2. The van der Waals surface area contributed by atoms with E-state index in [1.54, 1.807) is 43.6 Å². The normalized spacial score (nSPS) is 30.8. The summed E-state index contributed by atoms with van der Waals surface area (Å²) in [5.41, 5.74) is 6.47. The summed E-state index contributed by atoms with van der Waals surface area (Å²) in [5.74, 6) is -0.127.